The zero-order valence-electron chi connectivity index (χ0n) is 19.7. The molecule has 0 bridgehead atoms. The highest BCUT2D eigenvalue weighted by Crippen LogP contribution is 2.33. The minimum absolute atomic E-state index is 0.170. The fourth-order valence-corrected chi connectivity index (χ4v) is 5.29. The zero-order valence-corrected chi connectivity index (χ0v) is 22.9. The summed E-state index contributed by atoms with van der Waals surface area (Å²) in [5.74, 6) is 0.686. The van der Waals surface area contributed by atoms with E-state index in [9.17, 15) is 9.59 Å². The van der Waals surface area contributed by atoms with Crippen LogP contribution >= 0.6 is 46.3 Å². The predicted octanol–water partition coefficient (Wildman–Crippen LogP) is 7.12. The van der Waals surface area contributed by atoms with Crippen molar-refractivity contribution >= 4 is 68.9 Å². The van der Waals surface area contributed by atoms with Gasteiger partial charge in [-0.1, -0.05) is 29.3 Å². The van der Waals surface area contributed by atoms with Crippen molar-refractivity contribution in [3.05, 3.63) is 81.7 Å². The molecular weight excluding hydrogens is 553 g/mol. The Kier molecular flexibility index (Phi) is 8.94. The second kappa shape index (κ2) is 12.3. The summed E-state index contributed by atoms with van der Waals surface area (Å²) in [7, 11) is 3.05. The number of hydrogen-bond donors (Lipinski definition) is 2. The monoisotopic (exact) mass is 573 g/mol. The van der Waals surface area contributed by atoms with Gasteiger partial charge < -0.3 is 20.1 Å². The molecule has 0 saturated heterocycles. The minimum atomic E-state index is -0.291. The molecule has 0 unspecified atom stereocenters. The lowest BCUT2D eigenvalue weighted by Gasteiger charge is -2.10. The van der Waals surface area contributed by atoms with Crippen molar-refractivity contribution in [3.63, 3.8) is 0 Å². The Morgan fingerprint density at radius 3 is 2.54 bits per heavy atom. The second-order valence-electron chi connectivity index (χ2n) is 7.55. The Bertz CT molecular complexity index is 1450. The molecule has 4 rings (SSSR count). The number of halogens is 2. The third kappa shape index (κ3) is 6.95. The molecule has 1 aromatic heterocycles. The molecule has 11 heteroatoms. The Balaban J connectivity index is 1.33. The van der Waals surface area contributed by atoms with Gasteiger partial charge in [0.2, 0.25) is 5.91 Å². The number of anilines is 2. The minimum Gasteiger partial charge on any atom is -0.493 e. The van der Waals surface area contributed by atoms with Crippen molar-refractivity contribution in [1.82, 2.24) is 4.98 Å². The summed E-state index contributed by atoms with van der Waals surface area (Å²) in [5.41, 5.74) is 2.43. The molecule has 4 aromatic rings. The number of nitrogens with one attached hydrogen (secondary N) is 2. The van der Waals surface area contributed by atoms with E-state index in [-0.39, 0.29) is 17.6 Å². The highest BCUT2D eigenvalue weighted by Gasteiger charge is 2.13. The van der Waals surface area contributed by atoms with Crippen molar-refractivity contribution in [2.45, 2.75) is 4.90 Å². The number of nitrogens with zero attached hydrogens (tertiary/aromatic N) is 1. The smallest absolute Gasteiger partial charge is 0.255 e. The number of amides is 2. The fraction of sp³-hybridized carbons (Fsp3) is 0.115. The average molecular weight is 575 g/mol. The Morgan fingerprint density at radius 1 is 0.973 bits per heavy atom. The van der Waals surface area contributed by atoms with Gasteiger partial charge >= 0.3 is 0 Å². The Labute approximate surface area is 232 Å². The molecule has 0 spiro atoms. The molecule has 190 valence electrons. The maximum absolute atomic E-state index is 12.7. The van der Waals surface area contributed by atoms with E-state index in [1.54, 1.807) is 48.5 Å². The van der Waals surface area contributed by atoms with Gasteiger partial charge in [-0.3, -0.25) is 9.59 Å². The third-order valence-electron chi connectivity index (χ3n) is 5.07. The van der Waals surface area contributed by atoms with E-state index in [1.165, 1.54) is 37.3 Å². The molecule has 2 amide bonds. The lowest BCUT2D eigenvalue weighted by Crippen LogP contribution is -2.14. The van der Waals surface area contributed by atoms with E-state index in [2.05, 4.69) is 15.6 Å². The molecule has 3 aromatic carbocycles. The molecule has 0 fully saturated rings. The van der Waals surface area contributed by atoms with Crippen LogP contribution in [0.5, 0.6) is 11.5 Å². The average Bonchev–Trinajstić information content (AvgIpc) is 3.35. The van der Waals surface area contributed by atoms with Gasteiger partial charge in [0.15, 0.2) is 16.6 Å². The van der Waals surface area contributed by atoms with Gasteiger partial charge in [-0.05, 0) is 54.6 Å². The molecule has 2 N–H and O–H groups in total. The van der Waals surface area contributed by atoms with E-state index in [4.69, 9.17) is 32.7 Å². The standard InChI is InChI=1S/C26H21Cl2N3O4S2/c1-34-22-9-6-15(10-23(22)35-2)25(33)29-17-4-3-5-18(12-17)36-14-24(32)31-26-30-21(13-37-26)19-8-7-16(27)11-20(19)28/h3-13H,14H2,1-2H3,(H,29,33)(H,30,31,32). The lowest BCUT2D eigenvalue weighted by atomic mass is 10.2. The maximum atomic E-state index is 12.7. The molecule has 0 atom stereocenters. The van der Waals surface area contributed by atoms with Crippen LogP contribution in [0.1, 0.15) is 10.4 Å². The molecule has 0 saturated carbocycles. The summed E-state index contributed by atoms with van der Waals surface area (Å²) < 4.78 is 10.5. The number of carbonyl (C=O) groups excluding carboxylic acids is 2. The number of ether oxygens (including phenoxy) is 2. The zero-order chi connectivity index (χ0) is 26.4. The van der Waals surface area contributed by atoms with Crippen LogP contribution in [0.2, 0.25) is 10.0 Å². The quantitative estimate of drug-likeness (QED) is 0.207. The van der Waals surface area contributed by atoms with Crippen molar-refractivity contribution < 1.29 is 19.1 Å². The summed E-state index contributed by atoms with van der Waals surface area (Å²) in [4.78, 5) is 30.5. The molecule has 0 radical (unpaired) electrons. The van der Waals surface area contributed by atoms with Crippen LogP contribution in [0, 0.1) is 0 Å². The van der Waals surface area contributed by atoms with E-state index in [1.807, 2.05) is 17.5 Å². The van der Waals surface area contributed by atoms with Gasteiger partial charge in [-0.2, -0.15) is 0 Å². The molecule has 1 heterocycles. The topological polar surface area (TPSA) is 89.5 Å². The van der Waals surface area contributed by atoms with Crippen LogP contribution in [0.25, 0.3) is 11.3 Å². The van der Waals surface area contributed by atoms with Crippen LogP contribution in [0.15, 0.2) is 70.9 Å². The molecule has 0 aliphatic rings. The SMILES string of the molecule is COc1ccc(C(=O)Nc2cccc(SCC(=O)Nc3nc(-c4ccc(Cl)cc4Cl)cs3)c2)cc1OC. The number of hydrogen-bond acceptors (Lipinski definition) is 7. The van der Waals surface area contributed by atoms with Gasteiger partial charge in [0.05, 0.1) is 30.7 Å². The number of thiazole rings is 1. The van der Waals surface area contributed by atoms with Gasteiger partial charge in [-0.15, -0.1) is 23.1 Å². The van der Waals surface area contributed by atoms with Crippen molar-refractivity contribution in [1.29, 1.82) is 0 Å². The predicted molar refractivity (Wildman–Crippen MR) is 151 cm³/mol. The highest BCUT2D eigenvalue weighted by atomic mass is 35.5. The molecular formula is C26H21Cl2N3O4S2. The first-order valence-corrected chi connectivity index (χ1v) is 13.5. The number of carbonyl (C=O) groups is 2. The van der Waals surface area contributed by atoms with E-state index in [0.717, 1.165) is 10.5 Å². The molecule has 0 aliphatic carbocycles. The van der Waals surface area contributed by atoms with Gasteiger partial charge in [0, 0.05) is 32.1 Å². The van der Waals surface area contributed by atoms with Crippen molar-refractivity contribution in [2.24, 2.45) is 0 Å². The summed E-state index contributed by atoms with van der Waals surface area (Å²) in [6.07, 6.45) is 0. The Hall–Kier alpha value is -3.24. The van der Waals surface area contributed by atoms with Gasteiger partial charge in [0.1, 0.15) is 0 Å². The fourth-order valence-electron chi connectivity index (χ4n) is 3.30. The van der Waals surface area contributed by atoms with Crippen LogP contribution in [0.4, 0.5) is 10.8 Å². The second-order valence-corrected chi connectivity index (χ2v) is 10.3. The van der Waals surface area contributed by atoms with E-state index < -0.39 is 0 Å². The van der Waals surface area contributed by atoms with Crippen molar-refractivity contribution in [3.8, 4) is 22.8 Å². The first kappa shape index (κ1) is 26.8. The van der Waals surface area contributed by atoms with Crippen LogP contribution in [0.3, 0.4) is 0 Å². The van der Waals surface area contributed by atoms with E-state index >= 15 is 0 Å². The Morgan fingerprint density at radius 2 is 1.78 bits per heavy atom. The normalized spacial score (nSPS) is 10.6. The molecule has 7 nitrogen and oxygen atoms in total. The largest absolute Gasteiger partial charge is 0.493 e. The molecule has 0 aliphatic heterocycles. The highest BCUT2D eigenvalue weighted by molar-refractivity contribution is 8.00. The first-order valence-electron chi connectivity index (χ1n) is 10.8. The third-order valence-corrected chi connectivity index (χ3v) is 7.36. The lowest BCUT2D eigenvalue weighted by molar-refractivity contribution is -0.113. The van der Waals surface area contributed by atoms with E-state index in [0.29, 0.717) is 43.6 Å². The van der Waals surface area contributed by atoms with Crippen LogP contribution < -0.4 is 20.1 Å². The number of methoxy groups -OCH3 is 2. The summed E-state index contributed by atoms with van der Waals surface area (Å²) in [6.45, 7) is 0. The maximum Gasteiger partial charge on any atom is 0.255 e. The number of rotatable bonds is 9. The molecule has 37 heavy (non-hydrogen) atoms. The summed E-state index contributed by atoms with van der Waals surface area (Å²) in [6, 6.07) is 17.4. The number of aromatic nitrogens is 1. The van der Waals surface area contributed by atoms with Gasteiger partial charge in [-0.25, -0.2) is 4.98 Å². The van der Waals surface area contributed by atoms with Gasteiger partial charge in [0.25, 0.3) is 5.91 Å². The number of benzene rings is 3. The summed E-state index contributed by atoms with van der Waals surface area (Å²) >= 11 is 14.9. The van der Waals surface area contributed by atoms with Crippen LogP contribution in [-0.4, -0.2) is 36.8 Å². The first-order chi connectivity index (χ1) is 17.9. The number of thioether (sulfide) groups is 1. The summed E-state index contributed by atoms with van der Waals surface area (Å²) in [5, 5.41) is 9.00. The van der Waals surface area contributed by atoms with Crippen LogP contribution in [-0.2, 0) is 4.79 Å². The van der Waals surface area contributed by atoms with Crippen molar-refractivity contribution in [2.75, 3.05) is 30.6 Å².